The molecule has 0 heterocycles. The molecule has 20 heavy (non-hydrogen) atoms. The van der Waals surface area contributed by atoms with E-state index in [1.165, 1.54) is 18.2 Å². The zero-order chi connectivity index (χ0) is 14.8. The summed E-state index contributed by atoms with van der Waals surface area (Å²) in [6, 6.07) is 4.38. The lowest BCUT2D eigenvalue weighted by atomic mass is 10.2. The van der Waals surface area contributed by atoms with E-state index in [0.717, 1.165) is 12.8 Å². The Morgan fingerprint density at radius 3 is 2.65 bits per heavy atom. The van der Waals surface area contributed by atoms with Crippen molar-refractivity contribution >= 4 is 28.5 Å². The number of alkyl halides is 3. The largest absolute Gasteiger partial charge is 0.483 e. The summed E-state index contributed by atoms with van der Waals surface area (Å²) in [4.78, 5) is 11.8. The van der Waals surface area contributed by atoms with Crippen molar-refractivity contribution in [3.63, 3.8) is 0 Å². The zero-order valence-corrected chi connectivity index (χ0v) is 12.6. The minimum Gasteiger partial charge on any atom is -0.483 e. The molecule has 1 aromatic rings. The molecule has 1 aromatic carbocycles. The second-order valence-electron chi connectivity index (χ2n) is 4.70. The van der Waals surface area contributed by atoms with E-state index in [-0.39, 0.29) is 11.7 Å². The summed E-state index contributed by atoms with van der Waals surface area (Å²) in [7, 11) is 0. The van der Waals surface area contributed by atoms with Gasteiger partial charge in [0.1, 0.15) is 5.75 Å². The maximum atomic E-state index is 12.1. The third kappa shape index (κ3) is 4.84. The van der Waals surface area contributed by atoms with E-state index in [9.17, 15) is 18.0 Å². The van der Waals surface area contributed by atoms with E-state index in [4.69, 9.17) is 0 Å². The first kappa shape index (κ1) is 15.4. The maximum absolute atomic E-state index is 12.1. The van der Waals surface area contributed by atoms with E-state index >= 15 is 0 Å². The van der Waals surface area contributed by atoms with E-state index in [1.807, 2.05) is 22.6 Å². The molecule has 0 radical (unpaired) electrons. The van der Waals surface area contributed by atoms with Gasteiger partial charge < -0.3 is 10.1 Å². The normalized spacial score (nSPS) is 15.0. The van der Waals surface area contributed by atoms with Crippen LogP contribution in [0.2, 0.25) is 0 Å². The number of carbonyl (C=O) groups excluding carboxylic acids is 1. The molecule has 0 bridgehead atoms. The fraction of sp³-hybridized carbons (Fsp3) is 0.462. The molecule has 110 valence electrons. The predicted molar refractivity (Wildman–Crippen MR) is 75.8 cm³/mol. The topological polar surface area (TPSA) is 38.3 Å². The van der Waals surface area contributed by atoms with Crippen LogP contribution in [0.1, 0.15) is 23.2 Å². The van der Waals surface area contributed by atoms with Crippen LogP contribution in [0.25, 0.3) is 0 Å². The van der Waals surface area contributed by atoms with Gasteiger partial charge in [0.25, 0.3) is 5.91 Å². The molecular weight excluding hydrogens is 386 g/mol. The smallest absolute Gasteiger partial charge is 0.422 e. The number of hydrogen-bond acceptors (Lipinski definition) is 2. The van der Waals surface area contributed by atoms with E-state index in [2.05, 4.69) is 10.1 Å². The monoisotopic (exact) mass is 399 g/mol. The summed E-state index contributed by atoms with van der Waals surface area (Å²) in [5.74, 6) is 0.492. The van der Waals surface area contributed by atoms with Gasteiger partial charge in [0, 0.05) is 12.1 Å². The van der Waals surface area contributed by atoms with Crippen LogP contribution < -0.4 is 10.1 Å². The van der Waals surface area contributed by atoms with Gasteiger partial charge in [-0.3, -0.25) is 4.79 Å². The minimum atomic E-state index is -4.37. The van der Waals surface area contributed by atoms with Crippen molar-refractivity contribution in [2.75, 3.05) is 13.2 Å². The van der Waals surface area contributed by atoms with Crippen molar-refractivity contribution in [3.8, 4) is 5.75 Å². The van der Waals surface area contributed by atoms with Gasteiger partial charge in [-0.05, 0) is 59.5 Å². The summed E-state index contributed by atoms with van der Waals surface area (Å²) < 4.78 is 41.4. The van der Waals surface area contributed by atoms with Gasteiger partial charge in [-0.25, -0.2) is 0 Å². The highest BCUT2D eigenvalue weighted by molar-refractivity contribution is 14.1. The lowest BCUT2D eigenvalue weighted by Gasteiger charge is -2.11. The summed E-state index contributed by atoms with van der Waals surface area (Å²) in [5, 5.41) is 2.80. The molecule has 0 aliphatic heterocycles. The van der Waals surface area contributed by atoms with Crippen molar-refractivity contribution in [2.24, 2.45) is 5.92 Å². The van der Waals surface area contributed by atoms with Gasteiger partial charge in [-0.15, -0.1) is 0 Å². The first-order valence-corrected chi connectivity index (χ1v) is 7.20. The summed E-state index contributed by atoms with van der Waals surface area (Å²) in [6.45, 7) is -0.683. The molecule has 1 saturated carbocycles. The van der Waals surface area contributed by atoms with Crippen LogP contribution in [-0.2, 0) is 0 Å². The van der Waals surface area contributed by atoms with Crippen LogP contribution in [-0.4, -0.2) is 25.2 Å². The molecule has 2 rings (SSSR count). The number of nitrogens with one attached hydrogen (secondary N) is 1. The van der Waals surface area contributed by atoms with Crippen LogP contribution in [0.15, 0.2) is 18.2 Å². The average Bonchev–Trinajstić information content (AvgIpc) is 3.17. The van der Waals surface area contributed by atoms with E-state index in [1.54, 1.807) is 0 Å². The Bertz CT molecular complexity index is 501. The van der Waals surface area contributed by atoms with Crippen LogP contribution in [0.5, 0.6) is 5.75 Å². The fourth-order valence-electron chi connectivity index (χ4n) is 1.58. The van der Waals surface area contributed by atoms with Crippen LogP contribution >= 0.6 is 22.6 Å². The third-order valence-electron chi connectivity index (χ3n) is 2.83. The van der Waals surface area contributed by atoms with Crippen LogP contribution in [0.3, 0.4) is 0 Å². The van der Waals surface area contributed by atoms with Gasteiger partial charge in [0.2, 0.25) is 0 Å². The minimum absolute atomic E-state index is 0.127. The molecule has 0 spiro atoms. The van der Waals surface area contributed by atoms with Crippen LogP contribution in [0, 0.1) is 9.49 Å². The standard InChI is InChI=1S/C13H13F3INO2/c14-13(15,16)7-20-11-4-3-9(5-10(11)17)12(19)18-6-8-1-2-8/h3-5,8H,1-2,6-7H2,(H,18,19). The molecule has 1 aliphatic rings. The summed E-state index contributed by atoms with van der Waals surface area (Å²) in [5.41, 5.74) is 0.425. The molecule has 0 unspecified atom stereocenters. The number of ether oxygens (including phenoxy) is 1. The highest BCUT2D eigenvalue weighted by atomic mass is 127. The van der Waals surface area contributed by atoms with E-state index < -0.39 is 12.8 Å². The van der Waals surface area contributed by atoms with Crippen molar-refractivity contribution < 1.29 is 22.7 Å². The van der Waals surface area contributed by atoms with Crippen molar-refractivity contribution in [2.45, 2.75) is 19.0 Å². The summed E-state index contributed by atoms with van der Waals surface area (Å²) in [6.07, 6.45) is -2.09. The fourth-order valence-corrected chi connectivity index (χ4v) is 2.25. The highest BCUT2D eigenvalue weighted by Gasteiger charge is 2.28. The van der Waals surface area contributed by atoms with E-state index in [0.29, 0.717) is 21.6 Å². The van der Waals surface area contributed by atoms with Gasteiger partial charge in [-0.1, -0.05) is 0 Å². The lowest BCUT2D eigenvalue weighted by Crippen LogP contribution is -2.25. The van der Waals surface area contributed by atoms with Gasteiger partial charge in [0.15, 0.2) is 6.61 Å². The zero-order valence-electron chi connectivity index (χ0n) is 10.5. The second-order valence-corrected chi connectivity index (χ2v) is 5.86. The molecule has 1 amide bonds. The number of hydrogen-bond donors (Lipinski definition) is 1. The molecule has 3 nitrogen and oxygen atoms in total. The molecule has 1 N–H and O–H groups in total. The summed E-state index contributed by atoms with van der Waals surface area (Å²) >= 11 is 1.85. The SMILES string of the molecule is O=C(NCC1CC1)c1ccc(OCC(F)(F)F)c(I)c1. The molecular formula is C13H13F3INO2. The lowest BCUT2D eigenvalue weighted by molar-refractivity contribution is -0.153. The quantitative estimate of drug-likeness (QED) is 0.772. The Hall–Kier alpha value is -0.990. The Morgan fingerprint density at radius 1 is 1.40 bits per heavy atom. The molecule has 1 fully saturated rings. The first-order chi connectivity index (χ1) is 9.35. The third-order valence-corrected chi connectivity index (χ3v) is 3.68. The Balaban J connectivity index is 1.95. The Kier molecular flexibility index (Phi) is 4.77. The van der Waals surface area contributed by atoms with Crippen LogP contribution in [0.4, 0.5) is 13.2 Å². The van der Waals surface area contributed by atoms with Crippen molar-refractivity contribution in [3.05, 3.63) is 27.3 Å². The second kappa shape index (κ2) is 6.19. The number of carbonyl (C=O) groups is 1. The first-order valence-electron chi connectivity index (χ1n) is 6.12. The highest BCUT2D eigenvalue weighted by Crippen LogP contribution is 2.28. The predicted octanol–water partition coefficient (Wildman–Crippen LogP) is 3.37. The average molecular weight is 399 g/mol. The number of rotatable bonds is 5. The maximum Gasteiger partial charge on any atom is 0.422 e. The van der Waals surface area contributed by atoms with Crippen molar-refractivity contribution in [1.82, 2.24) is 5.32 Å². The number of amides is 1. The molecule has 0 aromatic heterocycles. The molecule has 0 atom stereocenters. The van der Waals surface area contributed by atoms with Crippen molar-refractivity contribution in [1.29, 1.82) is 0 Å². The molecule has 7 heteroatoms. The van der Waals surface area contributed by atoms with Gasteiger partial charge >= 0.3 is 6.18 Å². The molecule has 0 saturated heterocycles. The Morgan fingerprint density at radius 2 is 2.10 bits per heavy atom. The molecule has 1 aliphatic carbocycles. The Labute approximate surface area is 128 Å². The van der Waals surface area contributed by atoms with Gasteiger partial charge in [-0.2, -0.15) is 13.2 Å². The number of halogens is 4. The number of benzene rings is 1. The van der Waals surface area contributed by atoms with Gasteiger partial charge in [0.05, 0.1) is 3.57 Å².